The molecule has 2 heterocycles. The number of furan rings is 1. The Kier molecular flexibility index (Phi) is 5.35. The summed E-state index contributed by atoms with van der Waals surface area (Å²) in [5, 5.41) is 11.7. The van der Waals surface area contributed by atoms with Crippen molar-refractivity contribution in [3.63, 3.8) is 0 Å². The van der Waals surface area contributed by atoms with Crippen LogP contribution < -0.4 is 9.47 Å². The van der Waals surface area contributed by atoms with Crippen LogP contribution in [0.2, 0.25) is 0 Å². The zero-order valence-corrected chi connectivity index (χ0v) is 16.0. The van der Waals surface area contributed by atoms with E-state index >= 15 is 0 Å². The van der Waals surface area contributed by atoms with Crippen molar-refractivity contribution in [1.29, 1.82) is 0 Å². The van der Waals surface area contributed by atoms with Crippen LogP contribution in [0.15, 0.2) is 65.5 Å². The van der Waals surface area contributed by atoms with Gasteiger partial charge in [0.05, 0.1) is 19.5 Å². The number of methoxy groups -OCH3 is 1. The number of aliphatic hydroxyl groups is 1. The highest BCUT2D eigenvalue weighted by molar-refractivity contribution is 5.47. The molecule has 2 aromatic heterocycles. The third kappa shape index (κ3) is 3.76. The van der Waals surface area contributed by atoms with Gasteiger partial charge in [0.15, 0.2) is 17.1 Å². The first-order chi connectivity index (χ1) is 13.7. The first kappa shape index (κ1) is 18.6. The molecule has 1 aliphatic carbocycles. The summed E-state index contributed by atoms with van der Waals surface area (Å²) < 4.78 is 17.3. The van der Waals surface area contributed by atoms with Crippen LogP contribution in [-0.2, 0) is 12.0 Å². The van der Waals surface area contributed by atoms with Gasteiger partial charge >= 0.3 is 0 Å². The second kappa shape index (κ2) is 8.07. The molecule has 1 unspecified atom stereocenters. The molecule has 146 valence electrons. The fraction of sp³-hybridized carbons (Fsp3) is 0.348. The minimum absolute atomic E-state index is 0.195. The SMILES string of the molecule is COc1ccc(C(O)(Cc2ccncc2)c2ccco2)cc1OC1CCCC1. The van der Waals surface area contributed by atoms with E-state index in [1.165, 1.54) is 12.8 Å². The summed E-state index contributed by atoms with van der Waals surface area (Å²) >= 11 is 0. The fourth-order valence-electron chi connectivity index (χ4n) is 3.85. The Morgan fingerprint density at radius 2 is 1.89 bits per heavy atom. The van der Waals surface area contributed by atoms with E-state index in [4.69, 9.17) is 13.9 Å². The maximum atomic E-state index is 11.7. The Bertz CT molecular complexity index is 888. The molecule has 5 heteroatoms. The zero-order chi connectivity index (χ0) is 19.4. The maximum absolute atomic E-state index is 11.7. The lowest BCUT2D eigenvalue weighted by Crippen LogP contribution is -2.30. The highest BCUT2D eigenvalue weighted by atomic mass is 16.5. The van der Waals surface area contributed by atoms with Crippen molar-refractivity contribution in [2.24, 2.45) is 0 Å². The third-order valence-corrected chi connectivity index (χ3v) is 5.38. The molecule has 0 spiro atoms. The predicted molar refractivity (Wildman–Crippen MR) is 106 cm³/mol. The summed E-state index contributed by atoms with van der Waals surface area (Å²) in [7, 11) is 1.63. The number of ether oxygens (including phenoxy) is 2. The van der Waals surface area contributed by atoms with Gasteiger partial charge < -0.3 is 19.0 Å². The molecular weight excluding hydrogens is 354 g/mol. The van der Waals surface area contributed by atoms with Crippen LogP contribution in [0.3, 0.4) is 0 Å². The molecule has 4 rings (SSSR count). The highest BCUT2D eigenvalue weighted by Gasteiger charge is 2.36. The molecule has 1 aliphatic rings. The molecule has 28 heavy (non-hydrogen) atoms. The zero-order valence-electron chi connectivity index (χ0n) is 16.0. The molecule has 5 nitrogen and oxygen atoms in total. The van der Waals surface area contributed by atoms with Gasteiger partial charge in [-0.25, -0.2) is 0 Å². The van der Waals surface area contributed by atoms with Crippen LogP contribution in [0.25, 0.3) is 0 Å². The summed E-state index contributed by atoms with van der Waals surface area (Å²) in [6.07, 6.45) is 10.0. The second-order valence-corrected chi connectivity index (χ2v) is 7.26. The Balaban J connectivity index is 1.73. The second-order valence-electron chi connectivity index (χ2n) is 7.26. The quantitative estimate of drug-likeness (QED) is 0.655. The van der Waals surface area contributed by atoms with Gasteiger partial charge in [0.2, 0.25) is 0 Å². The van der Waals surface area contributed by atoms with Crippen molar-refractivity contribution < 1.29 is 19.0 Å². The average molecular weight is 379 g/mol. The van der Waals surface area contributed by atoms with Crippen LogP contribution in [-0.4, -0.2) is 23.3 Å². The van der Waals surface area contributed by atoms with Gasteiger partial charge in [-0.2, -0.15) is 0 Å². The van der Waals surface area contributed by atoms with Crippen molar-refractivity contribution in [3.05, 3.63) is 78.0 Å². The van der Waals surface area contributed by atoms with Crippen LogP contribution in [0.4, 0.5) is 0 Å². The first-order valence-corrected chi connectivity index (χ1v) is 9.69. The Morgan fingerprint density at radius 3 is 2.57 bits per heavy atom. The summed E-state index contributed by atoms with van der Waals surface area (Å²) in [5.74, 6) is 1.81. The minimum atomic E-state index is -1.33. The Labute approximate surface area is 164 Å². The summed E-state index contributed by atoms with van der Waals surface area (Å²) in [4.78, 5) is 4.06. The van der Waals surface area contributed by atoms with Crippen LogP contribution in [0.5, 0.6) is 11.5 Å². The van der Waals surface area contributed by atoms with E-state index in [-0.39, 0.29) is 6.10 Å². The monoisotopic (exact) mass is 379 g/mol. The first-order valence-electron chi connectivity index (χ1n) is 9.69. The smallest absolute Gasteiger partial charge is 0.161 e. The lowest BCUT2D eigenvalue weighted by atomic mass is 9.85. The molecule has 1 atom stereocenters. The number of hydrogen-bond donors (Lipinski definition) is 1. The van der Waals surface area contributed by atoms with Crippen LogP contribution >= 0.6 is 0 Å². The number of nitrogens with zero attached hydrogens (tertiary/aromatic N) is 1. The van der Waals surface area contributed by atoms with E-state index in [0.29, 0.717) is 29.2 Å². The lowest BCUT2D eigenvalue weighted by molar-refractivity contribution is 0.0564. The maximum Gasteiger partial charge on any atom is 0.161 e. The normalized spacial score (nSPS) is 16.6. The van der Waals surface area contributed by atoms with Crippen molar-refractivity contribution >= 4 is 0 Å². The van der Waals surface area contributed by atoms with E-state index in [0.717, 1.165) is 18.4 Å². The topological polar surface area (TPSA) is 64.7 Å². The number of aromatic nitrogens is 1. The van der Waals surface area contributed by atoms with E-state index < -0.39 is 5.60 Å². The molecule has 0 amide bonds. The van der Waals surface area contributed by atoms with E-state index in [9.17, 15) is 5.11 Å². The molecule has 0 aliphatic heterocycles. The molecule has 3 aromatic rings. The van der Waals surface area contributed by atoms with Crippen LogP contribution in [0.1, 0.15) is 42.6 Å². The fourth-order valence-corrected chi connectivity index (χ4v) is 3.85. The Hall–Kier alpha value is -2.79. The molecule has 0 bridgehead atoms. The molecule has 0 radical (unpaired) electrons. The number of hydrogen-bond acceptors (Lipinski definition) is 5. The predicted octanol–water partition coefficient (Wildman–Crippen LogP) is 4.48. The third-order valence-electron chi connectivity index (χ3n) is 5.38. The number of pyridine rings is 1. The van der Waals surface area contributed by atoms with Gasteiger partial charge in [0.1, 0.15) is 5.76 Å². The summed E-state index contributed by atoms with van der Waals surface area (Å²) in [5.41, 5.74) is 0.335. The van der Waals surface area contributed by atoms with Gasteiger partial charge in [-0.15, -0.1) is 0 Å². The number of benzene rings is 1. The van der Waals surface area contributed by atoms with Gasteiger partial charge in [-0.1, -0.05) is 6.07 Å². The molecular formula is C23H25NO4. The van der Waals surface area contributed by atoms with Crippen LogP contribution in [0, 0.1) is 0 Å². The number of rotatable bonds is 7. The standard InChI is InChI=1S/C23H25NO4/c1-26-20-9-8-18(15-21(20)28-19-5-2-3-6-19)23(25,22-7-4-14-27-22)16-17-10-12-24-13-11-17/h4,7-15,19,25H,2-3,5-6,16H2,1H3. The van der Waals surface area contributed by atoms with Gasteiger partial charge in [0.25, 0.3) is 0 Å². The van der Waals surface area contributed by atoms with Crippen molar-refractivity contribution in [1.82, 2.24) is 4.98 Å². The summed E-state index contributed by atoms with van der Waals surface area (Å²) in [6, 6.07) is 13.0. The molecule has 1 fully saturated rings. The Morgan fingerprint density at radius 1 is 1.11 bits per heavy atom. The molecule has 1 aromatic carbocycles. The van der Waals surface area contributed by atoms with E-state index in [2.05, 4.69) is 4.98 Å². The molecule has 1 saturated carbocycles. The van der Waals surface area contributed by atoms with Crippen molar-refractivity contribution in [2.45, 2.75) is 43.8 Å². The lowest BCUT2D eigenvalue weighted by Gasteiger charge is -2.28. The summed E-state index contributed by atoms with van der Waals surface area (Å²) in [6.45, 7) is 0. The van der Waals surface area contributed by atoms with Gasteiger partial charge in [-0.05, 0) is 73.2 Å². The van der Waals surface area contributed by atoms with E-state index in [1.54, 1.807) is 37.9 Å². The van der Waals surface area contributed by atoms with E-state index in [1.807, 2.05) is 30.3 Å². The van der Waals surface area contributed by atoms with Gasteiger partial charge in [0, 0.05) is 18.8 Å². The minimum Gasteiger partial charge on any atom is -0.493 e. The highest BCUT2D eigenvalue weighted by Crippen LogP contribution is 2.39. The largest absolute Gasteiger partial charge is 0.493 e. The van der Waals surface area contributed by atoms with Crippen molar-refractivity contribution in [3.8, 4) is 11.5 Å². The van der Waals surface area contributed by atoms with Gasteiger partial charge in [-0.3, -0.25) is 4.98 Å². The molecule has 1 N–H and O–H groups in total. The average Bonchev–Trinajstić information content (AvgIpc) is 3.43. The molecule has 0 saturated heterocycles. The van der Waals surface area contributed by atoms with Crippen molar-refractivity contribution in [2.75, 3.05) is 7.11 Å².